The summed E-state index contributed by atoms with van der Waals surface area (Å²) < 4.78 is 0. The van der Waals surface area contributed by atoms with E-state index in [9.17, 15) is 14.4 Å². The fourth-order valence-corrected chi connectivity index (χ4v) is 4.04. The van der Waals surface area contributed by atoms with Crippen molar-refractivity contribution in [3.05, 3.63) is 89.5 Å². The molecule has 0 aliphatic carbocycles. The van der Waals surface area contributed by atoms with Crippen LogP contribution < -0.4 is 21.4 Å². The molecule has 0 spiro atoms. The number of amides is 3. The van der Waals surface area contributed by atoms with E-state index in [2.05, 4.69) is 25.9 Å². The summed E-state index contributed by atoms with van der Waals surface area (Å²) in [7, 11) is 0. The number of nitrogens with one attached hydrogen (secondary N) is 2. The molecule has 3 aromatic rings. The number of hydrogen-bond acceptors (Lipinski definition) is 7. The molecule has 10 heteroatoms. The van der Waals surface area contributed by atoms with E-state index in [0.29, 0.717) is 22.6 Å². The molecule has 37 heavy (non-hydrogen) atoms. The normalized spacial score (nSPS) is 18.1. The molecule has 4 N–H and O–H groups in total. The second kappa shape index (κ2) is 9.50. The molecule has 0 fully saturated rings. The third-order valence-corrected chi connectivity index (χ3v) is 6.14. The van der Waals surface area contributed by atoms with Gasteiger partial charge < -0.3 is 16.4 Å². The molecule has 2 heterocycles. The van der Waals surface area contributed by atoms with Gasteiger partial charge in [0.25, 0.3) is 17.7 Å². The summed E-state index contributed by atoms with van der Waals surface area (Å²) in [4.78, 5) is 39.4. The summed E-state index contributed by atoms with van der Waals surface area (Å²) >= 11 is 0. The molecule has 0 radical (unpaired) electrons. The van der Waals surface area contributed by atoms with Crippen LogP contribution in [0.1, 0.15) is 16.7 Å². The van der Waals surface area contributed by atoms with Crippen LogP contribution in [0, 0.1) is 19.8 Å². The summed E-state index contributed by atoms with van der Waals surface area (Å²) in [5.74, 6) is -3.13. The Morgan fingerprint density at radius 1 is 1.00 bits per heavy atom. The van der Waals surface area contributed by atoms with Crippen LogP contribution in [0.25, 0.3) is 0 Å². The van der Waals surface area contributed by atoms with Gasteiger partial charge in [-0.1, -0.05) is 42.5 Å². The number of nitrogens with two attached hydrogens (primary N) is 1. The van der Waals surface area contributed by atoms with Gasteiger partial charge in [-0.25, -0.2) is 0 Å². The van der Waals surface area contributed by atoms with Gasteiger partial charge >= 0.3 is 0 Å². The van der Waals surface area contributed by atoms with Crippen LogP contribution in [-0.4, -0.2) is 35.0 Å². The lowest BCUT2D eigenvalue weighted by molar-refractivity contribution is -0.119. The number of amidine groups is 1. The number of aryl methyl sites for hydroxylation is 2. The van der Waals surface area contributed by atoms with Gasteiger partial charge in [-0.05, 0) is 55.3 Å². The first-order chi connectivity index (χ1) is 17.8. The number of para-hydroxylation sites is 2. The molecule has 0 unspecified atom stereocenters. The summed E-state index contributed by atoms with van der Waals surface area (Å²) in [6.07, 6.45) is 0. The maximum absolute atomic E-state index is 13.5. The zero-order chi connectivity index (χ0) is 26.1. The molecule has 3 amide bonds. The Morgan fingerprint density at radius 3 is 2.49 bits per heavy atom. The zero-order valence-electron chi connectivity index (χ0n) is 20.1. The van der Waals surface area contributed by atoms with Crippen LogP contribution in [-0.2, 0) is 14.4 Å². The standard InChI is InChI=1S/C27H23N7O3/c1-15-12-13-17(14-16(15)2)29-26(36)23(32-31-22-19-10-6-7-11-20(19)30-25(22)35)21-24(28)33-34(27(21)37)18-8-4-3-5-9-18/h3-14,21H,1-2H3,(H2,28,33)(H,29,36)(H,30,31,35)/b32-23-/t21-/m0/s1. The van der Waals surface area contributed by atoms with Crippen molar-refractivity contribution in [1.82, 2.24) is 0 Å². The van der Waals surface area contributed by atoms with Crippen LogP contribution >= 0.6 is 0 Å². The van der Waals surface area contributed by atoms with E-state index in [-0.39, 0.29) is 17.3 Å². The highest BCUT2D eigenvalue weighted by Crippen LogP contribution is 2.26. The minimum Gasteiger partial charge on any atom is -0.385 e. The predicted molar refractivity (Wildman–Crippen MR) is 143 cm³/mol. The van der Waals surface area contributed by atoms with Gasteiger partial charge in [0.1, 0.15) is 17.5 Å². The second-order valence-electron chi connectivity index (χ2n) is 8.63. The molecule has 3 aromatic carbocycles. The highest BCUT2D eigenvalue weighted by atomic mass is 16.2. The van der Waals surface area contributed by atoms with Crippen molar-refractivity contribution in [2.24, 2.45) is 27.0 Å². The van der Waals surface area contributed by atoms with Gasteiger partial charge in [-0.15, -0.1) is 10.2 Å². The molecular formula is C27H23N7O3. The van der Waals surface area contributed by atoms with E-state index in [4.69, 9.17) is 5.73 Å². The summed E-state index contributed by atoms with van der Waals surface area (Å²) in [5.41, 5.74) is 10.0. The molecule has 10 nitrogen and oxygen atoms in total. The van der Waals surface area contributed by atoms with Gasteiger partial charge in [-0.3, -0.25) is 14.4 Å². The second-order valence-corrected chi connectivity index (χ2v) is 8.63. The minimum atomic E-state index is -1.30. The van der Waals surface area contributed by atoms with Gasteiger partial charge in [0.15, 0.2) is 5.71 Å². The average Bonchev–Trinajstić information content (AvgIpc) is 3.37. The third-order valence-electron chi connectivity index (χ3n) is 6.14. The highest BCUT2D eigenvalue weighted by molar-refractivity contribution is 6.55. The number of anilines is 3. The smallest absolute Gasteiger partial charge is 0.276 e. The number of carbonyl (C=O) groups excluding carboxylic acids is 3. The average molecular weight is 494 g/mol. The number of hydrazone groups is 1. The van der Waals surface area contributed by atoms with E-state index >= 15 is 0 Å². The fourth-order valence-electron chi connectivity index (χ4n) is 4.04. The fraction of sp³-hybridized carbons (Fsp3) is 0.111. The van der Waals surface area contributed by atoms with Gasteiger partial charge in [0.05, 0.1) is 11.4 Å². The monoisotopic (exact) mass is 493 g/mol. The molecule has 0 aromatic heterocycles. The van der Waals surface area contributed by atoms with Crippen molar-refractivity contribution >= 4 is 52.0 Å². The van der Waals surface area contributed by atoms with Crippen molar-refractivity contribution in [2.75, 3.05) is 15.6 Å². The van der Waals surface area contributed by atoms with E-state index < -0.39 is 23.6 Å². The quantitative estimate of drug-likeness (QED) is 0.371. The van der Waals surface area contributed by atoms with Crippen LogP contribution in [0.15, 0.2) is 88.1 Å². The van der Waals surface area contributed by atoms with Crippen molar-refractivity contribution in [3.8, 4) is 0 Å². The molecule has 1 atom stereocenters. The van der Waals surface area contributed by atoms with Crippen molar-refractivity contribution in [1.29, 1.82) is 0 Å². The van der Waals surface area contributed by atoms with E-state index in [1.807, 2.05) is 26.0 Å². The SMILES string of the molecule is Cc1ccc(NC(=O)/C(=N\N=C2/C(=O)Nc3ccccc32)[C@@H]2C(=O)N(c3ccccc3)N=C2N)cc1C. The maximum atomic E-state index is 13.5. The summed E-state index contributed by atoms with van der Waals surface area (Å²) in [5, 5.41) is 19.0. The Balaban J connectivity index is 1.55. The Morgan fingerprint density at radius 2 is 1.73 bits per heavy atom. The molecule has 184 valence electrons. The molecule has 0 saturated carbocycles. The topological polar surface area (TPSA) is 142 Å². The first-order valence-electron chi connectivity index (χ1n) is 11.5. The number of hydrogen-bond donors (Lipinski definition) is 3. The van der Waals surface area contributed by atoms with E-state index in [0.717, 1.165) is 16.1 Å². The zero-order valence-corrected chi connectivity index (χ0v) is 20.1. The van der Waals surface area contributed by atoms with Gasteiger partial charge in [0.2, 0.25) is 0 Å². The lowest BCUT2D eigenvalue weighted by Crippen LogP contribution is -2.41. The molecule has 2 aliphatic heterocycles. The van der Waals surface area contributed by atoms with Gasteiger partial charge in [0, 0.05) is 11.3 Å². The largest absolute Gasteiger partial charge is 0.385 e. The summed E-state index contributed by atoms with van der Waals surface area (Å²) in [6, 6.07) is 21.1. The number of fused-ring (bicyclic) bond motifs is 1. The van der Waals surface area contributed by atoms with Crippen molar-refractivity contribution < 1.29 is 14.4 Å². The lowest BCUT2D eigenvalue weighted by Gasteiger charge is -2.15. The first-order valence-corrected chi connectivity index (χ1v) is 11.5. The molecule has 5 rings (SSSR count). The van der Waals surface area contributed by atoms with Crippen molar-refractivity contribution in [2.45, 2.75) is 13.8 Å². The Hall–Kier alpha value is -5.12. The van der Waals surface area contributed by atoms with Crippen LogP contribution in [0.4, 0.5) is 17.1 Å². The highest BCUT2D eigenvalue weighted by Gasteiger charge is 2.42. The Labute approximate surface area is 212 Å². The number of benzene rings is 3. The molecule has 0 bridgehead atoms. The molecule has 2 aliphatic rings. The lowest BCUT2D eigenvalue weighted by atomic mass is 10.0. The number of rotatable bonds is 5. The number of carbonyl (C=O) groups is 3. The van der Waals surface area contributed by atoms with Gasteiger partial charge in [-0.2, -0.15) is 10.1 Å². The van der Waals surface area contributed by atoms with Crippen LogP contribution in [0.5, 0.6) is 0 Å². The van der Waals surface area contributed by atoms with E-state index in [1.165, 1.54) is 0 Å². The van der Waals surface area contributed by atoms with Crippen LogP contribution in [0.2, 0.25) is 0 Å². The van der Waals surface area contributed by atoms with Crippen molar-refractivity contribution in [3.63, 3.8) is 0 Å². The molecule has 0 saturated heterocycles. The Bertz CT molecular complexity index is 1530. The molecular weight excluding hydrogens is 470 g/mol. The number of nitrogens with zero attached hydrogens (tertiary/aromatic N) is 4. The summed E-state index contributed by atoms with van der Waals surface area (Å²) in [6.45, 7) is 3.88. The maximum Gasteiger partial charge on any atom is 0.276 e. The van der Waals surface area contributed by atoms with Crippen LogP contribution in [0.3, 0.4) is 0 Å². The van der Waals surface area contributed by atoms with E-state index in [1.54, 1.807) is 60.7 Å². The minimum absolute atomic E-state index is 0.0213. The Kier molecular flexibility index (Phi) is 6.06. The first kappa shape index (κ1) is 23.6. The third kappa shape index (κ3) is 4.47. The predicted octanol–water partition coefficient (Wildman–Crippen LogP) is 2.97.